The van der Waals surface area contributed by atoms with Crippen LogP contribution in [0.2, 0.25) is 0 Å². The van der Waals surface area contributed by atoms with Crippen molar-refractivity contribution in [2.45, 2.75) is 18.8 Å². The van der Waals surface area contributed by atoms with Crippen molar-refractivity contribution in [2.24, 2.45) is 0 Å². The number of anilines is 1. The number of aromatic nitrogens is 3. The Morgan fingerprint density at radius 2 is 1.88 bits per heavy atom. The summed E-state index contributed by atoms with van der Waals surface area (Å²) in [6.07, 6.45) is 4.02. The molecule has 3 heterocycles. The lowest BCUT2D eigenvalue weighted by atomic mass is 10.2. The van der Waals surface area contributed by atoms with Crippen LogP contribution in [0, 0.1) is 0 Å². The van der Waals surface area contributed by atoms with E-state index in [1.165, 1.54) is 0 Å². The summed E-state index contributed by atoms with van der Waals surface area (Å²) in [6.45, 7) is 2.64. The molecule has 2 aliphatic rings. The van der Waals surface area contributed by atoms with Gasteiger partial charge < -0.3 is 23.8 Å². The lowest BCUT2D eigenvalue weighted by Gasteiger charge is -2.35. The van der Waals surface area contributed by atoms with Gasteiger partial charge in [-0.1, -0.05) is 17.3 Å². The Bertz CT molecular complexity index is 1070. The van der Waals surface area contributed by atoms with E-state index in [-0.39, 0.29) is 12.5 Å². The van der Waals surface area contributed by atoms with Crippen LogP contribution in [0.25, 0.3) is 11.4 Å². The molecule has 1 saturated carbocycles. The molecule has 3 aromatic rings. The number of hydrogen-bond donors (Lipinski definition) is 0. The first-order valence-corrected chi connectivity index (χ1v) is 10.8. The molecule has 2 fully saturated rings. The molecule has 0 radical (unpaired) electrons. The molecular formula is C23H25N5O4. The van der Waals surface area contributed by atoms with Crippen LogP contribution >= 0.6 is 0 Å². The number of pyridine rings is 1. The average Bonchev–Trinajstić information content (AvgIpc) is 3.59. The third-order valence-electron chi connectivity index (χ3n) is 5.75. The van der Waals surface area contributed by atoms with Gasteiger partial charge in [-0.05, 0) is 37.1 Å². The summed E-state index contributed by atoms with van der Waals surface area (Å²) in [5, 5.41) is 4.07. The summed E-state index contributed by atoms with van der Waals surface area (Å²) in [7, 11) is 1.58. The Labute approximate surface area is 185 Å². The quantitative estimate of drug-likeness (QED) is 0.559. The second-order valence-electron chi connectivity index (χ2n) is 7.94. The molecule has 5 rings (SSSR count). The number of para-hydroxylation sites is 2. The summed E-state index contributed by atoms with van der Waals surface area (Å²) in [4.78, 5) is 25.6. The highest BCUT2D eigenvalue weighted by atomic mass is 16.5. The molecule has 166 valence electrons. The standard InChI is InChI=1S/C23H25N5O4/c1-30-18-4-2-3-5-19(18)31-15-21(29)28-12-10-27(11-13-28)20-9-8-17(14-24-20)22-25-23(32-26-22)16-6-7-16/h2-5,8-9,14,16H,6-7,10-13,15H2,1H3. The molecule has 0 spiro atoms. The molecule has 9 nitrogen and oxygen atoms in total. The van der Waals surface area contributed by atoms with E-state index in [1.807, 2.05) is 35.2 Å². The predicted octanol–water partition coefficient (Wildman–Crippen LogP) is 2.75. The maximum Gasteiger partial charge on any atom is 0.260 e. The topological polar surface area (TPSA) is 93.8 Å². The molecule has 1 aliphatic heterocycles. The van der Waals surface area contributed by atoms with Gasteiger partial charge in [0.15, 0.2) is 18.1 Å². The number of carbonyl (C=O) groups is 1. The molecule has 32 heavy (non-hydrogen) atoms. The van der Waals surface area contributed by atoms with Crippen LogP contribution < -0.4 is 14.4 Å². The number of hydrogen-bond acceptors (Lipinski definition) is 8. The van der Waals surface area contributed by atoms with Crippen LogP contribution in [-0.2, 0) is 4.79 Å². The Morgan fingerprint density at radius 1 is 1.09 bits per heavy atom. The van der Waals surface area contributed by atoms with Gasteiger partial charge in [0.05, 0.1) is 7.11 Å². The number of methoxy groups -OCH3 is 1. The van der Waals surface area contributed by atoms with E-state index >= 15 is 0 Å². The normalized spacial score (nSPS) is 16.2. The van der Waals surface area contributed by atoms with Gasteiger partial charge >= 0.3 is 0 Å². The van der Waals surface area contributed by atoms with E-state index in [2.05, 4.69) is 20.0 Å². The zero-order valence-electron chi connectivity index (χ0n) is 17.9. The van der Waals surface area contributed by atoms with Gasteiger partial charge in [-0.3, -0.25) is 4.79 Å². The summed E-state index contributed by atoms with van der Waals surface area (Å²) >= 11 is 0. The molecule has 1 saturated heterocycles. The van der Waals surface area contributed by atoms with Crippen molar-refractivity contribution in [2.75, 3.05) is 44.8 Å². The highest BCUT2D eigenvalue weighted by Crippen LogP contribution is 2.39. The lowest BCUT2D eigenvalue weighted by Crippen LogP contribution is -2.50. The Kier molecular flexibility index (Phi) is 5.62. The Morgan fingerprint density at radius 3 is 2.56 bits per heavy atom. The molecule has 2 aromatic heterocycles. The van der Waals surface area contributed by atoms with E-state index in [0.717, 1.165) is 30.1 Å². The summed E-state index contributed by atoms with van der Waals surface area (Å²) in [5.41, 5.74) is 0.840. The van der Waals surface area contributed by atoms with Crippen LogP contribution in [0.5, 0.6) is 11.5 Å². The molecule has 0 atom stereocenters. The van der Waals surface area contributed by atoms with Gasteiger partial charge in [0.2, 0.25) is 11.7 Å². The van der Waals surface area contributed by atoms with Crippen molar-refractivity contribution in [3.63, 3.8) is 0 Å². The maximum absolute atomic E-state index is 12.6. The van der Waals surface area contributed by atoms with Crippen LogP contribution in [0.4, 0.5) is 5.82 Å². The zero-order valence-corrected chi connectivity index (χ0v) is 17.9. The van der Waals surface area contributed by atoms with Crippen molar-refractivity contribution < 1.29 is 18.8 Å². The lowest BCUT2D eigenvalue weighted by molar-refractivity contribution is -0.133. The summed E-state index contributed by atoms with van der Waals surface area (Å²) in [6, 6.07) is 11.2. The molecule has 1 aromatic carbocycles. The number of ether oxygens (including phenoxy) is 2. The van der Waals surface area contributed by atoms with E-state index in [1.54, 1.807) is 19.4 Å². The van der Waals surface area contributed by atoms with E-state index in [0.29, 0.717) is 49.4 Å². The first-order valence-electron chi connectivity index (χ1n) is 10.8. The summed E-state index contributed by atoms with van der Waals surface area (Å²) in [5.74, 6) is 3.75. The predicted molar refractivity (Wildman–Crippen MR) is 117 cm³/mol. The smallest absolute Gasteiger partial charge is 0.260 e. The van der Waals surface area contributed by atoms with Crippen LogP contribution in [-0.4, -0.2) is 65.8 Å². The first-order chi connectivity index (χ1) is 15.7. The minimum atomic E-state index is -0.0394. The van der Waals surface area contributed by atoms with Gasteiger partial charge in [0.25, 0.3) is 5.91 Å². The highest BCUT2D eigenvalue weighted by Gasteiger charge is 2.30. The van der Waals surface area contributed by atoms with Crippen molar-refractivity contribution in [1.29, 1.82) is 0 Å². The van der Waals surface area contributed by atoms with Gasteiger partial charge in [0.1, 0.15) is 5.82 Å². The molecular weight excluding hydrogens is 410 g/mol. The second kappa shape index (κ2) is 8.86. The number of benzene rings is 1. The number of nitrogens with zero attached hydrogens (tertiary/aromatic N) is 5. The number of piperazine rings is 1. The van der Waals surface area contributed by atoms with Crippen LogP contribution in [0.3, 0.4) is 0 Å². The fourth-order valence-electron chi connectivity index (χ4n) is 3.71. The Balaban J connectivity index is 1.13. The van der Waals surface area contributed by atoms with Gasteiger partial charge in [0, 0.05) is 43.9 Å². The molecule has 1 aliphatic carbocycles. The molecule has 9 heteroatoms. The average molecular weight is 435 g/mol. The van der Waals surface area contributed by atoms with E-state index < -0.39 is 0 Å². The van der Waals surface area contributed by atoms with Crippen molar-refractivity contribution in [3.05, 3.63) is 48.5 Å². The zero-order chi connectivity index (χ0) is 21.9. The largest absolute Gasteiger partial charge is 0.493 e. The SMILES string of the molecule is COc1ccccc1OCC(=O)N1CCN(c2ccc(-c3noc(C4CC4)n3)cn2)CC1. The van der Waals surface area contributed by atoms with Crippen molar-refractivity contribution >= 4 is 11.7 Å². The summed E-state index contributed by atoms with van der Waals surface area (Å²) < 4.78 is 16.3. The minimum absolute atomic E-state index is 0.0130. The third-order valence-corrected chi connectivity index (χ3v) is 5.75. The Hall–Kier alpha value is -3.62. The monoisotopic (exact) mass is 435 g/mol. The molecule has 0 unspecified atom stereocenters. The van der Waals surface area contributed by atoms with Crippen LogP contribution in [0.1, 0.15) is 24.7 Å². The fourth-order valence-corrected chi connectivity index (χ4v) is 3.71. The van der Waals surface area contributed by atoms with Gasteiger partial charge in [-0.25, -0.2) is 4.98 Å². The molecule has 1 amide bonds. The van der Waals surface area contributed by atoms with Gasteiger partial charge in [-0.15, -0.1) is 0 Å². The minimum Gasteiger partial charge on any atom is -0.493 e. The van der Waals surface area contributed by atoms with Crippen molar-refractivity contribution in [3.8, 4) is 22.9 Å². The maximum atomic E-state index is 12.6. The molecule has 0 bridgehead atoms. The molecule has 0 N–H and O–H groups in total. The number of rotatable bonds is 7. The second-order valence-corrected chi connectivity index (χ2v) is 7.94. The fraction of sp³-hybridized carbons (Fsp3) is 0.391. The van der Waals surface area contributed by atoms with Crippen LogP contribution in [0.15, 0.2) is 47.1 Å². The van der Waals surface area contributed by atoms with Crippen molar-refractivity contribution in [1.82, 2.24) is 20.0 Å². The van der Waals surface area contributed by atoms with Gasteiger partial charge in [-0.2, -0.15) is 4.98 Å². The third kappa shape index (κ3) is 4.37. The van der Waals surface area contributed by atoms with E-state index in [9.17, 15) is 4.79 Å². The highest BCUT2D eigenvalue weighted by molar-refractivity contribution is 5.78. The number of carbonyl (C=O) groups excluding carboxylic acids is 1. The first kappa shape index (κ1) is 20.3. The number of amides is 1. The van der Waals surface area contributed by atoms with E-state index in [4.69, 9.17) is 14.0 Å².